The lowest BCUT2D eigenvalue weighted by molar-refractivity contribution is -0.178. The molecule has 1 unspecified atom stereocenters. The third kappa shape index (κ3) is 10.7. The van der Waals surface area contributed by atoms with E-state index in [9.17, 15) is 29.4 Å². The number of rotatable bonds is 15. The highest BCUT2D eigenvalue weighted by Gasteiger charge is 2.48. The van der Waals surface area contributed by atoms with Crippen LogP contribution in [0.3, 0.4) is 0 Å². The first-order valence-electron chi connectivity index (χ1n) is 12.0. The lowest BCUT2D eigenvalue weighted by Crippen LogP contribution is -2.61. The van der Waals surface area contributed by atoms with Gasteiger partial charge in [0.2, 0.25) is 5.91 Å². The van der Waals surface area contributed by atoms with E-state index in [0.717, 1.165) is 5.69 Å². The van der Waals surface area contributed by atoms with E-state index >= 15 is 0 Å². The van der Waals surface area contributed by atoms with Crippen molar-refractivity contribution in [1.29, 1.82) is 0 Å². The highest BCUT2D eigenvalue weighted by molar-refractivity contribution is 5.74. The van der Waals surface area contributed by atoms with Gasteiger partial charge < -0.3 is 30.3 Å². The summed E-state index contributed by atoms with van der Waals surface area (Å²) in [5.74, 6) is -4.87. The van der Waals surface area contributed by atoms with Gasteiger partial charge in [0.05, 0.1) is 31.1 Å². The molecule has 0 spiro atoms. The fraction of sp³-hybridized carbons (Fsp3) is 0.583. The topological polar surface area (TPSA) is 185 Å². The molecule has 37 heavy (non-hydrogen) atoms. The molecule has 1 aliphatic heterocycles. The van der Waals surface area contributed by atoms with Gasteiger partial charge in [0.15, 0.2) is 0 Å². The van der Waals surface area contributed by atoms with Crippen molar-refractivity contribution in [2.24, 2.45) is 11.8 Å². The molecule has 1 aromatic carbocycles. The molecule has 1 saturated heterocycles. The number of carbonyl (C=O) groups excluding carboxylic acids is 2. The second-order valence-corrected chi connectivity index (χ2v) is 8.98. The molecule has 0 radical (unpaired) electrons. The van der Waals surface area contributed by atoms with Gasteiger partial charge >= 0.3 is 17.9 Å². The first-order chi connectivity index (χ1) is 17.6. The van der Waals surface area contributed by atoms with Crippen LogP contribution in [0.4, 0.5) is 5.69 Å². The monoisotopic (exact) mass is 524 g/mol. The minimum absolute atomic E-state index is 0.167. The average Bonchev–Trinajstić information content (AvgIpc) is 2.81. The largest absolute Gasteiger partial charge is 0.481 e. The lowest BCUT2D eigenvalue weighted by atomic mass is 9.73. The summed E-state index contributed by atoms with van der Waals surface area (Å²) in [4.78, 5) is 52.1. The Morgan fingerprint density at radius 1 is 1.00 bits per heavy atom. The molecule has 13 heteroatoms. The van der Waals surface area contributed by atoms with Crippen LogP contribution in [-0.4, -0.2) is 71.7 Å². The quantitative estimate of drug-likeness (QED) is 0.0825. The van der Waals surface area contributed by atoms with Gasteiger partial charge in [-0.2, -0.15) is 0 Å². The van der Waals surface area contributed by atoms with Crippen LogP contribution >= 0.6 is 0 Å². The minimum Gasteiger partial charge on any atom is -0.481 e. The van der Waals surface area contributed by atoms with Crippen LogP contribution < -0.4 is 21.6 Å². The Labute approximate surface area is 215 Å². The Morgan fingerprint density at radius 2 is 1.65 bits per heavy atom. The molecule has 0 aromatic heterocycles. The van der Waals surface area contributed by atoms with Crippen molar-refractivity contribution in [3.63, 3.8) is 0 Å². The summed E-state index contributed by atoms with van der Waals surface area (Å²) in [6, 6.07) is 8.39. The molecule has 1 amide bonds. The van der Waals surface area contributed by atoms with Crippen molar-refractivity contribution >= 4 is 29.5 Å². The average molecular weight is 525 g/mol. The van der Waals surface area contributed by atoms with Crippen LogP contribution in [0.15, 0.2) is 30.3 Å². The summed E-state index contributed by atoms with van der Waals surface area (Å²) in [6.45, 7) is 4.27. The summed E-state index contributed by atoms with van der Waals surface area (Å²) in [7, 11) is 0. The van der Waals surface area contributed by atoms with Crippen LogP contribution in [-0.2, 0) is 33.5 Å². The zero-order valence-electron chi connectivity index (χ0n) is 21.1. The first kappa shape index (κ1) is 30.0. The van der Waals surface area contributed by atoms with Crippen molar-refractivity contribution in [2.75, 3.05) is 18.7 Å². The standard InChI is InChI=1S/C24H36N4O9/c1-14(27-28-36-13-25-17-7-5-4-6-8-17)9-20-24(26-15(2)29)19(11-23(33)34)18(10-22(31)32)21(37-20)12-35-16(3)30/h4-8,14,18-21,24-25,27-28H,9-13H2,1-3H3,(H,26,29)(H,31,32)(H,33,34)/t14?,18-,19+,20-,21-,24-/m0/s1. The number of anilines is 1. The molecular formula is C24H36N4O9. The maximum Gasteiger partial charge on any atom is 0.303 e. The Balaban J connectivity index is 2.10. The van der Waals surface area contributed by atoms with E-state index in [1.807, 2.05) is 37.3 Å². The number of esters is 1. The number of nitrogens with one attached hydrogen (secondary N) is 4. The molecule has 2 rings (SSSR count). The van der Waals surface area contributed by atoms with E-state index < -0.39 is 66.7 Å². The van der Waals surface area contributed by atoms with E-state index in [-0.39, 0.29) is 19.4 Å². The second-order valence-electron chi connectivity index (χ2n) is 8.98. The lowest BCUT2D eigenvalue weighted by Gasteiger charge is -2.47. The fourth-order valence-corrected chi connectivity index (χ4v) is 4.45. The number of hydrogen-bond donors (Lipinski definition) is 6. The van der Waals surface area contributed by atoms with Gasteiger partial charge in [-0.3, -0.25) is 24.0 Å². The fourth-order valence-electron chi connectivity index (χ4n) is 4.45. The molecule has 206 valence electrons. The molecule has 6 atom stereocenters. The Kier molecular flexibility index (Phi) is 12.2. The summed E-state index contributed by atoms with van der Waals surface area (Å²) in [5, 5.41) is 24.8. The predicted octanol–water partition coefficient (Wildman–Crippen LogP) is 0.877. The third-order valence-electron chi connectivity index (χ3n) is 5.97. The van der Waals surface area contributed by atoms with Crippen molar-refractivity contribution < 1.29 is 43.7 Å². The van der Waals surface area contributed by atoms with E-state index in [2.05, 4.69) is 21.6 Å². The summed E-state index contributed by atoms with van der Waals surface area (Å²) < 4.78 is 11.3. The van der Waals surface area contributed by atoms with Gasteiger partial charge in [0.1, 0.15) is 13.3 Å². The Bertz CT molecular complexity index is 901. The maximum absolute atomic E-state index is 12.0. The highest BCUT2D eigenvalue weighted by Crippen LogP contribution is 2.37. The molecule has 13 nitrogen and oxygen atoms in total. The Hall–Kier alpha value is -3.26. The van der Waals surface area contributed by atoms with Crippen LogP contribution in [0.1, 0.15) is 40.0 Å². The number of hydrogen-bond acceptors (Lipinski definition) is 10. The second kappa shape index (κ2) is 15.1. The zero-order chi connectivity index (χ0) is 27.4. The molecule has 0 bridgehead atoms. The van der Waals surface area contributed by atoms with Gasteiger partial charge in [-0.15, -0.1) is 5.59 Å². The van der Waals surface area contributed by atoms with Crippen LogP contribution in [0, 0.1) is 11.8 Å². The number of carboxylic acids is 2. The van der Waals surface area contributed by atoms with Gasteiger partial charge in [0.25, 0.3) is 0 Å². The van der Waals surface area contributed by atoms with Crippen LogP contribution in [0.25, 0.3) is 0 Å². The van der Waals surface area contributed by atoms with E-state index in [1.165, 1.54) is 13.8 Å². The van der Waals surface area contributed by atoms with Gasteiger partial charge in [-0.05, 0) is 31.4 Å². The van der Waals surface area contributed by atoms with E-state index in [4.69, 9.17) is 14.3 Å². The van der Waals surface area contributed by atoms with Crippen molar-refractivity contribution in [1.82, 2.24) is 16.3 Å². The smallest absolute Gasteiger partial charge is 0.303 e. The van der Waals surface area contributed by atoms with Gasteiger partial charge in [0, 0.05) is 31.5 Å². The van der Waals surface area contributed by atoms with Crippen LogP contribution in [0.2, 0.25) is 0 Å². The number of carboxylic acid groups (broad SMARTS) is 2. The third-order valence-corrected chi connectivity index (χ3v) is 5.97. The predicted molar refractivity (Wildman–Crippen MR) is 131 cm³/mol. The van der Waals surface area contributed by atoms with Crippen molar-refractivity contribution in [2.45, 2.75) is 64.3 Å². The minimum atomic E-state index is -1.16. The number of para-hydroxylation sites is 1. The van der Waals surface area contributed by atoms with Crippen molar-refractivity contribution in [3.8, 4) is 0 Å². The number of carbonyl (C=O) groups is 4. The number of hydrazine groups is 1. The highest BCUT2D eigenvalue weighted by atomic mass is 16.7. The maximum atomic E-state index is 12.0. The van der Waals surface area contributed by atoms with E-state index in [1.54, 1.807) is 0 Å². The number of ether oxygens (including phenoxy) is 2. The molecule has 1 fully saturated rings. The molecular weight excluding hydrogens is 488 g/mol. The summed E-state index contributed by atoms with van der Waals surface area (Å²) >= 11 is 0. The van der Waals surface area contributed by atoms with Gasteiger partial charge in [-0.1, -0.05) is 18.2 Å². The molecule has 0 saturated carbocycles. The van der Waals surface area contributed by atoms with E-state index in [0.29, 0.717) is 6.42 Å². The number of aliphatic carboxylic acids is 2. The van der Waals surface area contributed by atoms with Crippen molar-refractivity contribution in [3.05, 3.63) is 30.3 Å². The molecule has 1 aliphatic rings. The number of benzene rings is 1. The molecule has 0 aliphatic carbocycles. The first-order valence-corrected chi connectivity index (χ1v) is 12.0. The number of amides is 1. The van der Waals surface area contributed by atoms with Gasteiger partial charge in [-0.25, -0.2) is 5.43 Å². The Morgan fingerprint density at radius 3 is 2.24 bits per heavy atom. The summed E-state index contributed by atoms with van der Waals surface area (Å²) in [5.41, 5.74) is 6.47. The molecule has 6 N–H and O–H groups in total. The molecule has 1 heterocycles. The zero-order valence-corrected chi connectivity index (χ0v) is 21.1. The molecule has 1 aromatic rings. The SMILES string of the molecule is CC(=O)N[C@H]1[C@H](CC(=O)O)[C@H](CC(=O)O)[C@H](COC(C)=O)O[C@H]1CC(C)NNOCNc1ccccc1. The normalized spacial score (nSPS) is 24.0. The van der Waals surface area contributed by atoms with Crippen LogP contribution in [0.5, 0.6) is 0 Å². The summed E-state index contributed by atoms with van der Waals surface area (Å²) in [6.07, 6.45) is -2.09.